The smallest absolute Gasteiger partial charge is 0.332 e. The number of rotatable bonds is 3. The Bertz CT molecular complexity index is 1230. The van der Waals surface area contributed by atoms with Gasteiger partial charge in [-0.25, -0.2) is 14.1 Å². The maximum atomic E-state index is 13.3. The number of anilines is 1. The van der Waals surface area contributed by atoms with Gasteiger partial charge in [0.25, 0.3) is 11.8 Å². The first-order valence-corrected chi connectivity index (χ1v) is 10.7. The van der Waals surface area contributed by atoms with Gasteiger partial charge in [-0.05, 0) is 43.2 Å². The molecular weight excluding hydrogens is 445 g/mol. The van der Waals surface area contributed by atoms with E-state index in [-0.39, 0.29) is 29.0 Å². The van der Waals surface area contributed by atoms with Crippen LogP contribution in [0.25, 0.3) is 11.0 Å². The third kappa shape index (κ3) is 3.31. The fourth-order valence-corrected chi connectivity index (χ4v) is 4.76. The summed E-state index contributed by atoms with van der Waals surface area (Å²) in [5.74, 6) is -1.37. The summed E-state index contributed by atoms with van der Waals surface area (Å²) >= 11 is 6.78. The van der Waals surface area contributed by atoms with Crippen molar-refractivity contribution in [3.05, 3.63) is 52.8 Å². The number of hydrogen-bond acceptors (Lipinski definition) is 6. The first-order chi connectivity index (χ1) is 14.9. The van der Waals surface area contributed by atoms with Gasteiger partial charge in [-0.1, -0.05) is 17.7 Å². The van der Waals surface area contributed by atoms with Crippen LogP contribution in [-0.4, -0.2) is 50.1 Å². The lowest BCUT2D eigenvalue weighted by Crippen LogP contribution is -2.49. The molecule has 3 aromatic rings. The Hall–Kier alpha value is -3.11. The number of nitrogens with zero attached hydrogens (tertiary/aromatic N) is 4. The largest absolute Gasteiger partial charge is 0.349 e. The standard InChI is InChI=1S/C20H15ClFN5O3S/c21-12-8-10(4-5-13(12)22)18(28)23-11-6-7-26-16(9-11)19(29)27(20(26)30)15-3-1-2-14-17(15)25-31-24-14/h1-5,8,11,16H,6-7,9H2,(H,23,28)/t11-,16+/m0/s1. The van der Waals surface area contributed by atoms with Gasteiger partial charge >= 0.3 is 6.03 Å². The Kier molecular flexibility index (Phi) is 4.82. The molecule has 8 nitrogen and oxygen atoms in total. The Morgan fingerprint density at radius 1 is 1.23 bits per heavy atom. The van der Waals surface area contributed by atoms with E-state index in [0.717, 1.165) is 22.7 Å². The molecule has 1 aromatic heterocycles. The molecule has 4 amide bonds. The molecule has 2 aliphatic rings. The number of carbonyl (C=O) groups excluding carboxylic acids is 3. The lowest BCUT2D eigenvalue weighted by molar-refractivity contribution is -0.120. The van der Waals surface area contributed by atoms with E-state index in [2.05, 4.69) is 14.1 Å². The van der Waals surface area contributed by atoms with Crippen molar-refractivity contribution in [1.82, 2.24) is 19.0 Å². The molecule has 0 radical (unpaired) electrons. The van der Waals surface area contributed by atoms with Crippen LogP contribution in [-0.2, 0) is 4.79 Å². The molecule has 11 heteroatoms. The van der Waals surface area contributed by atoms with E-state index in [0.29, 0.717) is 29.7 Å². The fourth-order valence-electron chi connectivity index (χ4n) is 4.03. The van der Waals surface area contributed by atoms with Crippen molar-refractivity contribution in [3.8, 4) is 0 Å². The third-order valence-electron chi connectivity index (χ3n) is 5.57. The van der Waals surface area contributed by atoms with Crippen molar-refractivity contribution in [3.63, 3.8) is 0 Å². The van der Waals surface area contributed by atoms with Gasteiger partial charge in [0.2, 0.25) is 0 Å². The van der Waals surface area contributed by atoms with Gasteiger partial charge < -0.3 is 10.2 Å². The lowest BCUT2D eigenvalue weighted by atomic mass is 9.97. The number of urea groups is 1. The zero-order chi connectivity index (χ0) is 21.7. The van der Waals surface area contributed by atoms with Gasteiger partial charge in [0.15, 0.2) is 0 Å². The van der Waals surface area contributed by atoms with Crippen LogP contribution in [0.3, 0.4) is 0 Å². The maximum Gasteiger partial charge on any atom is 0.332 e. The van der Waals surface area contributed by atoms with E-state index < -0.39 is 23.8 Å². The molecular formula is C20H15ClFN5O3S. The predicted molar refractivity (Wildman–Crippen MR) is 113 cm³/mol. The molecule has 2 fully saturated rings. The van der Waals surface area contributed by atoms with Crippen molar-refractivity contribution >= 4 is 57.9 Å². The quantitative estimate of drug-likeness (QED) is 0.607. The minimum atomic E-state index is -0.676. The number of benzene rings is 2. The van der Waals surface area contributed by atoms with Crippen molar-refractivity contribution in [2.45, 2.75) is 24.9 Å². The Morgan fingerprint density at radius 3 is 2.87 bits per heavy atom. The molecule has 2 atom stereocenters. The molecule has 2 aliphatic heterocycles. The van der Waals surface area contributed by atoms with Gasteiger partial charge in [-0.2, -0.15) is 8.75 Å². The van der Waals surface area contributed by atoms with E-state index in [1.807, 2.05) is 0 Å². The molecule has 3 heterocycles. The zero-order valence-electron chi connectivity index (χ0n) is 15.9. The van der Waals surface area contributed by atoms with E-state index in [4.69, 9.17) is 11.6 Å². The number of fused-ring (bicyclic) bond motifs is 2. The second kappa shape index (κ2) is 7.54. The van der Waals surface area contributed by atoms with Crippen LogP contribution in [0.15, 0.2) is 36.4 Å². The predicted octanol–water partition coefficient (Wildman–Crippen LogP) is 3.21. The van der Waals surface area contributed by atoms with Crippen LogP contribution < -0.4 is 10.2 Å². The zero-order valence-corrected chi connectivity index (χ0v) is 17.5. The van der Waals surface area contributed by atoms with Gasteiger partial charge in [-0.15, -0.1) is 0 Å². The first kappa shape index (κ1) is 19.8. The number of nitrogens with one attached hydrogen (secondary N) is 1. The summed E-state index contributed by atoms with van der Waals surface area (Å²) in [7, 11) is 0. The highest BCUT2D eigenvalue weighted by molar-refractivity contribution is 7.00. The van der Waals surface area contributed by atoms with Crippen LogP contribution in [0, 0.1) is 5.82 Å². The minimum absolute atomic E-state index is 0.139. The second-order valence-corrected chi connectivity index (χ2v) is 8.33. The van der Waals surface area contributed by atoms with Crippen molar-refractivity contribution in [2.75, 3.05) is 11.4 Å². The molecule has 2 saturated heterocycles. The molecule has 2 aromatic carbocycles. The van der Waals surface area contributed by atoms with E-state index in [1.54, 1.807) is 18.2 Å². The monoisotopic (exact) mass is 459 g/mol. The highest BCUT2D eigenvalue weighted by atomic mass is 35.5. The summed E-state index contributed by atoms with van der Waals surface area (Å²) in [6.07, 6.45) is 0.777. The van der Waals surface area contributed by atoms with Gasteiger partial charge in [0.05, 0.1) is 22.4 Å². The molecule has 1 N–H and O–H groups in total. The number of aromatic nitrogens is 2. The Balaban J connectivity index is 1.35. The van der Waals surface area contributed by atoms with Crippen LogP contribution in [0.2, 0.25) is 5.02 Å². The summed E-state index contributed by atoms with van der Waals surface area (Å²) in [6, 6.07) is 7.53. The number of piperidine rings is 1. The molecule has 0 spiro atoms. The van der Waals surface area contributed by atoms with Crippen molar-refractivity contribution in [1.29, 1.82) is 0 Å². The van der Waals surface area contributed by atoms with Crippen LogP contribution in [0.5, 0.6) is 0 Å². The minimum Gasteiger partial charge on any atom is -0.349 e. The van der Waals surface area contributed by atoms with Gasteiger partial charge in [0, 0.05) is 18.2 Å². The first-order valence-electron chi connectivity index (χ1n) is 9.56. The molecule has 0 bridgehead atoms. The number of imide groups is 1. The van der Waals surface area contributed by atoms with Crippen LogP contribution in [0.4, 0.5) is 14.9 Å². The molecule has 31 heavy (non-hydrogen) atoms. The van der Waals surface area contributed by atoms with Gasteiger partial charge in [0.1, 0.15) is 22.9 Å². The fraction of sp³-hybridized carbons (Fsp3) is 0.250. The summed E-state index contributed by atoms with van der Waals surface area (Å²) in [5, 5.41) is 2.72. The molecule has 0 aliphatic carbocycles. The molecule has 5 rings (SSSR count). The summed E-state index contributed by atoms with van der Waals surface area (Å²) in [5.41, 5.74) is 1.77. The summed E-state index contributed by atoms with van der Waals surface area (Å²) in [6.45, 7) is 0.326. The average Bonchev–Trinajstić information content (AvgIpc) is 3.33. The third-order valence-corrected chi connectivity index (χ3v) is 6.40. The van der Waals surface area contributed by atoms with Crippen LogP contribution in [0.1, 0.15) is 23.2 Å². The second-order valence-electron chi connectivity index (χ2n) is 7.40. The van der Waals surface area contributed by atoms with Crippen molar-refractivity contribution in [2.24, 2.45) is 0 Å². The maximum absolute atomic E-state index is 13.3. The summed E-state index contributed by atoms with van der Waals surface area (Å²) < 4.78 is 21.7. The number of hydrogen-bond donors (Lipinski definition) is 1. The lowest BCUT2D eigenvalue weighted by Gasteiger charge is -2.32. The average molecular weight is 460 g/mol. The topological polar surface area (TPSA) is 95.5 Å². The summed E-state index contributed by atoms with van der Waals surface area (Å²) in [4.78, 5) is 41.3. The number of amides is 4. The number of carbonyl (C=O) groups is 3. The van der Waals surface area contributed by atoms with E-state index in [9.17, 15) is 18.8 Å². The van der Waals surface area contributed by atoms with Gasteiger partial charge in [-0.3, -0.25) is 9.59 Å². The van der Waals surface area contributed by atoms with E-state index >= 15 is 0 Å². The molecule has 158 valence electrons. The van der Waals surface area contributed by atoms with E-state index in [1.165, 1.54) is 17.0 Å². The highest BCUT2D eigenvalue weighted by Gasteiger charge is 2.49. The Morgan fingerprint density at radius 2 is 2.06 bits per heavy atom. The Labute approximate surface area is 184 Å². The SMILES string of the molecule is O=C(N[C@H]1CCN2C(=O)N(c3cccc4nsnc34)C(=O)[C@H]2C1)c1ccc(F)c(Cl)c1. The number of halogens is 2. The normalized spacial score (nSPS) is 21.0. The van der Waals surface area contributed by atoms with Crippen LogP contribution >= 0.6 is 23.3 Å². The van der Waals surface area contributed by atoms with Crippen molar-refractivity contribution < 1.29 is 18.8 Å². The molecule has 0 unspecified atom stereocenters. The highest BCUT2D eigenvalue weighted by Crippen LogP contribution is 2.34. The molecule has 0 saturated carbocycles.